The summed E-state index contributed by atoms with van der Waals surface area (Å²) in [5.41, 5.74) is 0.332. The number of fused-ring (bicyclic) bond motifs is 2. The molecule has 2 amide bonds. The first kappa shape index (κ1) is 25.3. The molecule has 0 fully saturated rings. The average molecular weight is 527 g/mol. The van der Waals surface area contributed by atoms with Crippen LogP contribution in [0.25, 0.3) is 0 Å². The third-order valence-corrected chi connectivity index (χ3v) is 7.43. The summed E-state index contributed by atoms with van der Waals surface area (Å²) in [5.74, 6) is -4.38. The largest absolute Gasteiger partial charge is 0.393 e. The van der Waals surface area contributed by atoms with E-state index in [1.54, 1.807) is 29.2 Å². The summed E-state index contributed by atoms with van der Waals surface area (Å²) in [6, 6.07) is 16.2. The van der Waals surface area contributed by atoms with E-state index in [1.165, 1.54) is 12.1 Å². The van der Waals surface area contributed by atoms with Crippen molar-refractivity contribution in [3.8, 4) is 0 Å². The zero-order valence-electron chi connectivity index (χ0n) is 20.0. The third kappa shape index (κ3) is 4.19. The lowest BCUT2D eigenvalue weighted by Crippen LogP contribution is -2.48. The summed E-state index contributed by atoms with van der Waals surface area (Å²) in [6.07, 6.45) is -0.154. The van der Waals surface area contributed by atoms with Crippen molar-refractivity contribution in [1.29, 1.82) is 0 Å². The molecule has 5 rings (SSSR count). The molecule has 9 heteroatoms. The number of aliphatic hydroxyl groups is 2. The van der Waals surface area contributed by atoms with Crippen LogP contribution in [0, 0.1) is 6.92 Å². The van der Waals surface area contributed by atoms with Crippen LogP contribution < -0.4 is 9.80 Å². The Kier molecular flexibility index (Phi) is 6.30. The number of alkyl halides is 2. The molecule has 0 aromatic heterocycles. The van der Waals surface area contributed by atoms with Crippen molar-refractivity contribution >= 4 is 34.8 Å². The second kappa shape index (κ2) is 9.20. The minimum atomic E-state index is -3.71. The molecule has 0 bridgehead atoms. The Bertz CT molecular complexity index is 1400. The molecule has 0 aliphatic carbocycles. The van der Waals surface area contributed by atoms with E-state index in [4.69, 9.17) is 11.6 Å². The van der Waals surface area contributed by atoms with Crippen LogP contribution in [-0.2, 0) is 12.0 Å². The smallest absolute Gasteiger partial charge is 0.284 e. The fourth-order valence-corrected chi connectivity index (χ4v) is 5.21. The van der Waals surface area contributed by atoms with Crippen LogP contribution in [0.4, 0.5) is 20.2 Å². The van der Waals surface area contributed by atoms with Gasteiger partial charge < -0.3 is 20.0 Å². The molecular formula is C28H25ClF2N2O4. The van der Waals surface area contributed by atoms with E-state index in [0.29, 0.717) is 24.2 Å². The van der Waals surface area contributed by atoms with E-state index in [9.17, 15) is 28.6 Å². The van der Waals surface area contributed by atoms with E-state index >= 15 is 0 Å². The number of benzene rings is 3. The summed E-state index contributed by atoms with van der Waals surface area (Å²) in [6.45, 7) is 0.804. The molecule has 6 nitrogen and oxygen atoms in total. The molecule has 0 saturated carbocycles. The maximum absolute atomic E-state index is 15.0. The Morgan fingerprint density at radius 2 is 1.78 bits per heavy atom. The minimum absolute atomic E-state index is 0.0467. The first-order valence-electron chi connectivity index (χ1n) is 11.9. The summed E-state index contributed by atoms with van der Waals surface area (Å²) >= 11 is 6.02. The normalized spacial score (nSPS) is 20.8. The number of hydrogen-bond acceptors (Lipinski definition) is 4. The number of halogens is 3. The van der Waals surface area contributed by atoms with Gasteiger partial charge in [0.05, 0.1) is 12.3 Å². The van der Waals surface area contributed by atoms with E-state index in [1.807, 2.05) is 25.1 Å². The Morgan fingerprint density at radius 3 is 2.49 bits per heavy atom. The Labute approximate surface area is 217 Å². The van der Waals surface area contributed by atoms with Crippen molar-refractivity contribution in [2.45, 2.75) is 31.3 Å². The van der Waals surface area contributed by atoms with Gasteiger partial charge >= 0.3 is 0 Å². The van der Waals surface area contributed by atoms with Gasteiger partial charge in [-0.15, -0.1) is 0 Å². The number of amides is 2. The number of carbonyl (C=O) groups is 2. The van der Waals surface area contributed by atoms with Gasteiger partial charge in [0.15, 0.2) is 5.60 Å². The molecule has 37 heavy (non-hydrogen) atoms. The number of anilines is 2. The molecule has 3 aromatic rings. The van der Waals surface area contributed by atoms with Gasteiger partial charge in [-0.05, 0) is 67.4 Å². The van der Waals surface area contributed by atoms with Gasteiger partial charge in [-0.25, -0.2) is 8.78 Å². The number of aliphatic hydroxyl groups excluding tert-OH is 1. The highest BCUT2D eigenvalue weighted by atomic mass is 35.5. The topological polar surface area (TPSA) is 81.1 Å². The quantitative estimate of drug-likeness (QED) is 0.517. The molecule has 0 unspecified atom stereocenters. The predicted octanol–water partition coefficient (Wildman–Crippen LogP) is 4.72. The van der Waals surface area contributed by atoms with Gasteiger partial charge in [-0.2, -0.15) is 0 Å². The van der Waals surface area contributed by atoms with Crippen LogP contribution in [0.2, 0.25) is 5.02 Å². The number of nitrogens with zero attached hydrogens (tertiary/aromatic N) is 2. The molecule has 2 heterocycles. The van der Waals surface area contributed by atoms with Crippen molar-refractivity contribution in [2.24, 2.45) is 0 Å². The fraction of sp³-hybridized carbons (Fsp3) is 0.286. The van der Waals surface area contributed by atoms with Crippen LogP contribution >= 0.6 is 11.6 Å². The summed E-state index contributed by atoms with van der Waals surface area (Å²) in [4.78, 5) is 29.4. The third-order valence-electron chi connectivity index (χ3n) is 7.20. The van der Waals surface area contributed by atoms with Crippen LogP contribution in [0.1, 0.15) is 43.8 Å². The SMILES string of the molecule is Cc1ccc2c(c1)C(=O)N(c1ccc(C(=O)N3CCC(F)(F)[C@](O)(CO)c4cc(Cl)ccc43)cc1)CC2. The molecule has 192 valence electrons. The summed E-state index contributed by atoms with van der Waals surface area (Å²) in [7, 11) is 0. The van der Waals surface area contributed by atoms with Gasteiger partial charge in [-0.3, -0.25) is 9.59 Å². The minimum Gasteiger partial charge on any atom is -0.393 e. The molecular weight excluding hydrogens is 502 g/mol. The molecule has 2 aliphatic heterocycles. The maximum atomic E-state index is 15.0. The van der Waals surface area contributed by atoms with Gasteiger partial charge in [0.1, 0.15) is 0 Å². The maximum Gasteiger partial charge on any atom is 0.284 e. The van der Waals surface area contributed by atoms with Gasteiger partial charge in [0.25, 0.3) is 17.7 Å². The molecule has 3 aromatic carbocycles. The first-order valence-corrected chi connectivity index (χ1v) is 12.3. The van der Waals surface area contributed by atoms with Crippen LogP contribution in [0.15, 0.2) is 60.7 Å². The van der Waals surface area contributed by atoms with E-state index in [-0.39, 0.29) is 34.3 Å². The molecule has 0 spiro atoms. The number of aryl methyl sites for hydroxylation is 1. The highest BCUT2D eigenvalue weighted by Crippen LogP contribution is 2.47. The first-order chi connectivity index (χ1) is 17.6. The zero-order valence-corrected chi connectivity index (χ0v) is 20.8. The summed E-state index contributed by atoms with van der Waals surface area (Å²) < 4.78 is 29.9. The van der Waals surface area contributed by atoms with Gasteiger partial charge in [0, 0.05) is 46.9 Å². The molecule has 0 radical (unpaired) electrons. The Balaban J connectivity index is 1.46. The number of hydrogen-bond donors (Lipinski definition) is 2. The van der Waals surface area contributed by atoms with E-state index < -0.39 is 30.5 Å². The van der Waals surface area contributed by atoms with Crippen molar-refractivity contribution < 1.29 is 28.6 Å². The van der Waals surface area contributed by atoms with E-state index in [2.05, 4.69) is 0 Å². The zero-order chi connectivity index (χ0) is 26.5. The van der Waals surface area contributed by atoms with Gasteiger partial charge in [-0.1, -0.05) is 29.3 Å². The standard InChI is InChI=1S/C28H25ClF2N2O4/c1-17-2-3-18-10-12-32(26(36)22(18)14-17)21-7-4-19(5-8-21)25(35)33-13-11-28(30,31)27(37,16-34)23-15-20(29)6-9-24(23)33/h2-9,14-15,34,37H,10-13,16H2,1H3/t27-/m0/s1. The number of rotatable bonds is 3. The van der Waals surface area contributed by atoms with Crippen molar-refractivity contribution in [2.75, 3.05) is 29.5 Å². The van der Waals surface area contributed by atoms with Crippen molar-refractivity contribution in [1.82, 2.24) is 0 Å². The average Bonchev–Trinajstić information content (AvgIpc) is 2.97. The highest BCUT2D eigenvalue weighted by molar-refractivity contribution is 6.30. The van der Waals surface area contributed by atoms with Crippen LogP contribution in [-0.4, -0.2) is 47.6 Å². The number of carbonyl (C=O) groups excluding carboxylic acids is 2. The highest BCUT2D eigenvalue weighted by Gasteiger charge is 2.56. The molecule has 0 saturated heterocycles. The second-order valence-electron chi connectivity index (χ2n) is 9.51. The fourth-order valence-electron chi connectivity index (χ4n) is 5.04. The second-order valence-corrected chi connectivity index (χ2v) is 9.94. The van der Waals surface area contributed by atoms with Crippen molar-refractivity contribution in [3.63, 3.8) is 0 Å². The Hall–Kier alpha value is -3.33. The van der Waals surface area contributed by atoms with E-state index in [0.717, 1.165) is 22.1 Å². The lowest BCUT2D eigenvalue weighted by Gasteiger charge is -2.33. The molecule has 2 N–H and O–H groups in total. The Morgan fingerprint density at radius 1 is 1.05 bits per heavy atom. The predicted molar refractivity (Wildman–Crippen MR) is 137 cm³/mol. The lowest BCUT2D eigenvalue weighted by atomic mass is 9.86. The van der Waals surface area contributed by atoms with Gasteiger partial charge in [0.2, 0.25) is 0 Å². The monoisotopic (exact) mass is 526 g/mol. The molecule has 1 atom stereocenters. The summed E-state index contributed by atoms with van der Waals surface area (Å²) in [5, 5.41) is 20.6. The van der Waals surface area contributed by atoms with Crippen LogP contribution in [0.5, 0.6) is 0 Å². The lowest BCUT2D eigenvalue weighted by molar-refractivity contribution is -0.205. The van der Waals surface area contributed by atoms with Crippen molar-refractivity contribution in [3.05, 3.63) is 93.5 Å². The molecule has 2 aliphatic rings. The van der Waals surface area contributed by atoms with Crippen LogP contribution in [0.3, 0.4) is 0 Å².